The van der Waals surface area contributed by atoms with Crippen LogP contribution in [0.15, 0.2) is 47.4 Å². The molecule has 2 aromatic rings. The van der Waals surface area contributed by atoms with E-state index in [2.05, 4.69) is 10.0 Å². The summed E-state index contributed by atoms with van der Waals surface area (Å²) >= 11 is 11.8. The summed E-state index contributed by atoms with van der Waals surface area (Å²) in [5, 5.41) is 12.1. The first-order valence-electron chi connectivity index (χ1n) is 7.67. The number of carboxylic acids is 1. The van der Waals surface area contributed by atoms with Crippen molar-refractivity contribution in [1.82, 2.24) is 10.0 Å². The summed E-state index contributed by atoms with van der Waals surface area (Å²) < 4.78 is 26.3. The second-order valence-corrected chi connectivity index (χ2v) is 8.19. The molecule has 0 bridgehead atoms. The van der Waals surface area contributed by atoms with Gasteiger partial charge in [-0.3, -0.25) is 9.59 Å². The maximum absolute atomic E-state index is 12.2. The summed E-state index contributed by atoms with van der Waals surface area (Å²) in [5.41, 5.74) is 0.922. The molecule has 3 N–H and O–H groups in total. The minimum atomic E-state index is -3.95. The Labute approximate surface area is 166 Å². The minimum absolute atomic E-state index is 0.0774. The van der Waals surface area contributed by atoms with E-state index in [-0.39, 0.29) is 22.0 Å². The molecule has 1 amide bonds. The Morgan fingerprint density at radius 3 is 2.30 bits per heavy atom. The van der Waals surface area contributed by atoms with Crippen LogP contribution >= 0.6 is 23.2 Å². The van der Waals surface area contributed by atoms with Gasteiger partial charge >= 0.3 is 5.97 Å². The van der Waals surface area contributed by atoms with E-state index < -0.39 is 27.9 Å². The fraction of sp³-hybridized carbons (Fsp3) is 0.176. The van der Waals surface area contributed by atoms with Gasteiger partial charge in [0.15, 0.2) is 0 Å². The third-order valence-corrected chi connectivity index (χ3v) is 5.67. The highest BCUT2D eigenvalue weighted by molar-refractivity contribution is 7.89. The van der Waals surface area contributed by atoms with Gasteiger partial charge < -0.3 is 10.4 Å². The molecular weight excluding hydrogens is 415 g/mol. The van der Waals surface area contributed by atoms with Crippen molar-refractivity contribution in [2.45, 2.75) is 24.4 Å². The summed E-state index contributed by atoms with van der Waals surface area (Å²) in [6.45, 7) is 1.38. The Morgan fingerprint density at radius 1 is 1.11 bits per heavy atom. The normalized spacial score (nSPS) is 12.4. The topological polar surface area (TPSA) is 113 Å². The summed E-state index contributed by atoms with van der Waals surface area (Å²) in [6, 6.07) is 8.95. The molecule has 7 nitrogen and oxygen atoms in total. The first kappa shape index (κ1) is 21.2. The predicted octanol–water partition coefficient (Wildman–Crippen LogP) is 2.67. The molecule has 0 aliphatic rings. The van der Waals surface area contributed by atoms with Gasteiger partial charge in [0, 0.05) is 11.6 Å². The van der Waals surface area contributed by atoms with E-state index in [0.717, 1.165) is 0 Å². The highest BCUT2D eigenvalue weighted by atomic mass is 35.5. The fourth-order valence-corrected chi connectivity index (χ4v) is 3.78. The number of carboxylic acid groups (broad SMARTS) is 1. The lowest BCUT2D eigenvalue weighted by molar-refractivity contribution is -0.138. The molecule has 0 aromatic heterocycles. The second-order valence-electron chi connectivity index (χ2n) is 5.63. The lowest BCUT2D eigenvalue weighted by Crippen LogP contribution is -2.38. The van der Waals surface area contributed by atoms with Gasteiger partial charge in [0.1, 0.15) is 6.04 Å². The number of sulfonamides is 1. The summed E-state index contributed by atoms with van der Waals surface area (Å²) in [7, 11) is -3.95. The zero-order valence-corrected chi connectivity index (χ0v) is 16.4. The van der Waals surface area contributed by atoms with Gasteiger partial charge in [0.25, 0.3) is 5.91 Å². The maximum atomic E-state index is 12.2. The molecule has 0 aliphatic heterocycles. The van der Waals surface area contributed by atoms with E-state index >= 15 is 0 Å². The highest BCUT2D eigenvalue weighted by Gasteiger charge is 2.21. The lowest BCUT2D eigenvalue weighted by Gasteiger charge is -2.11. The molecule has 27 heavy (non-hydrogen) atoms. The number of amides is 1. The average Bonchev–Trinajstić information content (AvgIpc) is 2.59. The third kappa shape index (κ3) is 5.67. The molecule has 0 heterocycles. The van der Waals surface area contributed by atoms with Crippen molar-refractivity contribution in [1.29, 1.82) is 0 Å². The number of carbonyl (C=O) groups is 2. The molecule has 0 aliphatic carbocycles. The molecule has 1 unspecified atom stereocenters. The predicted molar refractivity (Wildman–Crippen MR) is 101 cm³/mol. The monoisotopic (exact) mass is 430 g/mol. The lowest BCUT2D eigenvalue weighted by atomic mass is 10.2. The Bertz CT molecular complexity index is 962. The van der Waals surface area contributed by atoms with Crippen molar-refractivity contribution in [3.63, 3.8) is 0 Å². The molecule has 0 spiro atoms. The Hall–Kier alpha value is -2.13. The maximum Gasteiger partial charge on any atom is 0.321 e. The van der Waals surface area contributed by atoms with E-state index in [9.17, 15) is 18.0 Å². The van der Waals surface area contributed by atoms with E-state index in [1.807, 2.05) is 0 Å². The molecular formula is C17H16Cl2N2O5S. The van der Waals surface area contributed by atoms with E-state index in [1.165, 1.54) is 43.3 Å². The number of hydrogen-bond acceptors (Lipinski definition) is 4. The number of carbonyl (C=O) groups excluding carboxylic acids is 1. The third-order valence-electron chi connectivity index (χ3n) is 3.56. The van der Waals surface area contributed by atoms with E-state index in [0.29, 0.717) is 10.6 Å². The SMILES string of the molecule is CC(NS(=O)(=O)c1ccc(CNC(=O)c2ccc(Cl)cc2Cl)cc1)C(=O)O. The fourth-order valence-electron chi connectivity index (χ4n) is 2.09. The van der Waals surface area contributed by atoms with Crippen LogP contribution in [0.5, 0.6) is 0 Å². The molecule has 144 valence electrons. The second kappa shape index (κ2) is 8.71. The quantitative estimate of drug-likeness (QED) is 0.624. The van der Waals surface area contributed by atoms with Gasteiger partial charge in [-0.2, -0.15) is 4.72 Å². The number of nitrogens with one attached hydrogen (secondary N) is 2. The highest BCUT2D eigenvalue weighted by Crippen LogP contribution is 2.21. The zero-order valence-electron chi connectivity index (χ0n) is 14.1. The molecule has 0 radical (unpaired) electrons. The van der Waals surface area contributed by atoms with Crippen LogP contribution < -0.4 is 10.0 Å². The zero-order chi connectivity index (χ0) is 20.2. The number of rotatable bonds is 7. The van der Waals surface area contributed by atoms with Crippen LogP contribution in [-0.4, -0.2) is 31.4 Å². The Balaban J connectivity index is 2.03. The molecule has 0 saturated carbocycles. The number of aliphatic carboxylic acids is 1. The van der Waals surface area contributed by atoms with Crippen molar-refractivity contribution < 1.29 is 23.1 Å². The van der Waals surface area contributed by atoms with Crippen LogP contribution in [-0.2, 0) is 21.4 Å². The molecule has 2 aromatic carbocycles. The van der Waals surface area contributed by atoms with E-state index in [1.54, 1.807) is 6.07 Å². The number of benzene rings is 2. The van der Waals surface area contributed by atoms with Crippen LogP contribution in [0.2, 0.25) is 10.0 Å². The van der Waals surface area contributed by atoms with Crippen LogP contribution in [0.4, 0.5) is 0 Å². The van der Waals surface area contributed by atoms with Crippen molar-refractivity contribution in [2.75, 3.05) is 0 Å². The van der Waals surface area contributed by atoms with Crippen molar-refractivity contribution in [2.24, 2.45) is 0 Å². The number of hydrogen-bond donors (Lipinski definition) is 3. The first-order chi connectivity index (χ1) is 12.6. The van der Waals surface area contributed by atoms with Crippen LogP contribution in [0.3, 0.4) is 0 Å². The first-order valence-corrected chi connectivity index (χ1v) is 9.91. The summed E-state index contributed by atoms with van der Waals surface area (Å²) in [4.78, 5) is 22.9. The van der Waals surface area contributed by atoms with Gasteiger partial charge in [0.05, 0.1) is 15.5 Å². The van der Waals surface area contributed by atoms with Crippen LogP contribution in [0.25, 0.3) is 0 Å². The van der Waals surface area contributed by atoms with Gasteiger partial charge in [0.2, 0.25) is 10.0 Å². The average molecular weight is 431 g/mol. The van der Waals surface area contributed by atoms with Crippen molar-refractivity contribution >= 4 is 45.1 Å². The molecule has 10 heteroatoms. The van der Waals surface area contributed by atoms with Crippen molar-refractivity contribution in [3.05, 3.63) is 63.6 Å². The van der Waals surface area contributed by atoms with Gasteiger partial charge in [-0.15, -0.1) is 0 Å². The largest absolute Gasteiger partial charge is 0.480 e. The van der Waals surface area contributed by atoms with Gasteiger partial charge in [-0.25, -0.2) is 8.42 Å². The molecule has 1 atom stereocenters. The minimum Gasteiger partial charge on any atom is -0.480 e. The summed E-state index contributed by atoms with van der Waals surface area (Å²) in [5.74, 6) is -1.68. The van der Waals surface area contributed by atoms with Crippen molar-refractivity contribution in [3.8, 4) is 0 Å². The molecule has 0 saturated heterocycles. The Kier molecular flexibility index (Phi) is 6.83. The van der Waals surface area contributed by atoms with Crippen LogP contribution in [0.1, 0.15) is 22.8 Å². The standard InChI is InChI=1S/C17H16Cl2N2O5S/c1-10(17(23)24)21-27(25,26)13-5-2-11(3-6-13)9-20-16(22)14-7-4-12(18)8-15(14)19/h2-8,10,21H,9H2,1H3,(H,20,22)(H,23,24). The smallest absolute Gasteiger partial charge is 0.321 e. The molecule has 0 fully saturated rings. The van der Waals surface area contributed by atoms with Gasteiger partial charge in [-0.05, 0) is 42.8 Å². The van der Waals surface area contributed by atoms with Gasteiger partial charge in [-0.1, -0.05) is 35.3 Å². The van der Waals surface area contributed by atoms with Crippen LogP contribution in [0, 0.1) is 0 Å². The molecule has 2 rings (SSSR count). The summed E-state index contributed by atoms with van der Waals surface area (Å²) in [6.07, 6.45) is 0. The Morgan fingerprint density at radius 2 is 1.74 bits per heavy atom. The number of halogens is 2. The van der Waals surface area contributed by atoms with E-state index in [4.69, 9.17) is 28.3 Å².